The van der Waals surface area contributed by atoms with E-state index in [0.29, 0.717) is 17.8 Å². The van der Waals surface area contributed by atoms with E-state index in [0.717, 1.165) is 38.3 Å². The molecular weight excluding hydrogens is 276 g/mol. The number of hydrogen-bond donors (Lipinski definition) is 1. The molecule has 1 saturated heterocycles. The van der Waals surface area contributed by atoms with Crippen LogP contribution in [-0.4, -0.2) is 27.7 Å². The maximum absolute atomic E-state index is 11.8. The fourth-order valence-electron chi connectivity index (χ4n) is 3.49. The van der Waals surface area contributed by atoms with Crippen LogP contribution in [0.15, 0.2) is 17.1 Å². The normalized spacial score (nSPS) is 23.1. The van der Waals surface area contributed by atoms with Gasteiger partial charge in [-0.2, -0.15) is 0 Å². The molecule has 1 aromatic rings. The molecule has 22 heavy (non-hydrogen) atoms. The average molecular weight is 306 g/mol. The van der Waals surface area contributed by atoms with E-state index in [1.54, 1.807) is 12.3 Å². The summed E-state index contributed by atoms with van der Waals surface area (Å²) in [4.78, 5) is 14.3. The van der Waals surface area contributed by atoms with E-state index in [1.165, 1.54) is 6.42 Å². The molecule has 1 fully saturated rings. The minimum Gasteiger partial charge on any atom is -0.503 e. The Morgan fingerprint density at radius 2 is 1.91 bits per heavy atom. The lowest BCUT2D eigenvalue weighted by atomic mass is 9.92. The summed E-state index contributed by atoms with van der Waals surface area (Å²) in [6.07, 6.45) is 3.94. The smallest absolute Gasteiger partial charge is 0.223 e. The van der Waals surface area contributed by atoms with Gasteiger partial charge < -0.3 is 9.67 Å². The number of aromatic hydroxyl groups is 1. The first-order chi connectivity index (χ1) is 10.3. The Bertz CT molecular complexity index is 541. The van der Waals surface area contributed by atoms with Crippen LogP contribution in [0.1, 0.15) is 46.2 Å². The molecule has 0 amide bonds. The first-order valence-electron chi connectivity index (χ1n) is 8.49. The van der Waals surface area contributed by atoms with Gasteiger partial charge in [-0.15, -0.1) is 0 Å². The van der Waals surface area contributed by atoms with E-state index < -0.39 is 0 Å². The van der Waals surface area contributed by atoms with Gasteiger partial charge in [0.05, 0.1) is 6.20 Å². The summed E-state index contributed by atoms with van der Waals surface area (Å²) in [5, 5.41) is 9.73. The van der Waals surface area contributed by atoms with Crippen molar-refractivity contribution in [3.8, 4) is 5.75 Å². The van der Waals surface area contributed by atoms with Gasteiger partial charge in [-0.3, -0.25) is 9.69 Å². The van der Waals surface area contributed by atoms with Crippen molar-refractivity contribution >= 4 is 0 Å². The van der Waals surface area contributed by atoms with Crippen LogP contribution in [0.3, 0.4) is 0 Å². The molecule has 2 unspecified atom stereocenters. The van der Waals surface area contributed by atoms with E-state index in [4.69, 9.17) is 0 Å². The Morgan fingerprint density at radius 3 is 2.50 bits per heavy atom. The summed E-state index contributed by atoms with van der Waals surface area (Å²) in [6, 6.07) is 1.61. The van der Waals surface area contributed by atoms with Crippen molar-refractivity contribution < 1.29 is 5.11 Å². The van der Waals surface area contributed by atoms with E-state index in [9.17, 15) is 9.90 Å². The fraction of sp³-hybridized carbons (Fsp3) is 0.722. The quantitative estimate of drug-likeness (QED) is 0.909. The molecule has 0 spiro atoms. The largest absolute Gasteiger partial charge is 0.503 e. The highest BCUT2D eigenvalue weighted by molar-refractivity contribution is 5.20. The Labute approximate surface area is 133 Å². The number of aryl methyl sites for hydroxylation is 1. The van der Waals surface area contributed by atoms with Crippen LogP contribution < -0.4 is 5.43 Å². The summed E-state index contributed by atoms with van der Waals surface area (Å²) in [5.74, 6) is 1.87. The summed E-state index contributed by atoms with van der Waals surface area (Å²) in [7, 11) is 0. The third-order valence-electron chi connectivity index (χ3n) is 4.47. The highest BCUT2D eigenvalue weighted by atomic mass is 16.3. The molecular formula is C18H30N2O2. The predicted molar refractivity (Wildman–Crippen MR) is 90.0 cm³/mol. The van der Waals surface area contributed by atoms with Gasteiger partial charge >= 0.3 is 0 Å². The van der Waals surface area contributed by atoms with Crippen LogP contribution in [-0.2, 0) is 13.1 Å². The molecule has 1 N–H and O–H groups in total. The van der Waals surface area contributed by atoms with Gasteiger partial charge in [0.15, 0.2) is 5.75 Å². The highest BCUT2D eigenvalue weighted by Crippen LogP contribution is 2.22. The molecule has 0 bridgehead atoms. The topological polar surface area (TPSA) is 45.5 Å². The van der Waals surface area contributed by atoms with Crippen molar-refractivity contribution in [2.45, 2.75) is 53.6 Å². The van der Waals surface area contributed by atoms with Gasteiger partial charge in [0, 0.05) is 37.9 Å². The van der Waals surface area contributed by atoms with Crippen LogP contribution in [0.4, 0.5) is 0 Å². The molecule has 1 aromatic heterocycles. The molecule has 4 nitrogen and oxygen atoms in total. The predicted octanol–water partition coefficient (Wildman–Crippen LogP) is 3.08. The zero-order chi connectivity index (χ0) is 16.3. The van der Waals surface area contributed by atoms with Gasteiger partial charge in [0.2, 0.25) is 5.43 Å². The lowest BCUT2D eigenvalue weighted by Gasteiger charge is -2.35. The van der Waals surface area contributed by atoms with Crippen molar-refractivity contribution in [2.24, 2.45) is 17.8 Å². The summed E-state index contributed by atoms with van der Waals surface area (Å²) in [6.45, 7) is 12.8. The lowest BCUT2D eigenvalue weighted by Crippen LogP contribution is -2.39. The molecule has 2 heterocycles. The summed E-state index contributed by atoms with van der Waals surface area (Å²) in [5.41, 5.74) is 0.749. The minimum absolute atomic E-state index is 0.145. The van der Waals surface area contributed by atoms with Gasteiger partial charge in [-0.05, 0) is 30.6 Å². The molecule has 1 aliphatic heterocycles. The second kappa shape index (κ2) is 7.32. The zero-order valence-electron chi connectivity index (χ0n) is 14.4. The number of likely N-dealkylation sites (tertiary alicyclic amines) is 1. The molecule has 2 rings (SSSR count). The van der Waals surface area contributed by atoms with Crippen LogP contribution in [0.2, 0.25) is 0 Å². The maximum Gasteiger partial charge on any atom is 0.223 e. The Morgan fingerprint density at radius 1 is 1.27 bits per heavy atom. The van der Waals surface area contributed by atoms with E-state index >= 15 is 0 Å². The van der Waals surface area contributed by atoms with Crippen LogP contribution in [0.5, 0.6) is 5.75 Å². The number of pyridine rings is 1. The Hall–Kier alpha value is -1.29. The third kappa shape index (κ3) is 4.60. The number of nitrogens with zero attached hydrogens (tertiary/aromatic N) is 2. The molecule has 0 saturated carbocycles. The third-order valence-corrected chi connectivity index (χ3v) is 4.47. The first-order valence-corrected chi connectivity index (χ1v) is 8.49. The lowest BCUT2D eigenvalue weighted by molar-refractivity contribution is 0.131. The van der Waals surface area contributed by atoms with Gasteiger partial charge in [0.1, 0.15) is 0 Å². The van der Waals surface area contributed by atoms with Crippen molar-refractivity contribution in [2.75, 3.05) is 13.1 Å². The number of hydrogen-bond acceptors (Lipinski definition) is 3. The van der Waals surface area contributed by atoms with Crippen LogP contribution in [0, 0.1) is 17.8 Å². The van der Waals surface area contributed by atoms with Crippen molar-refractivity contribution in [1.29, 1.82) is 0 Å². The van der Waals surface area contributed by atoms with Gasteiger partial charge in [-0.1, -0.05) is 27.7 Å². The Kier molecular flexibility index (Phi) is 5.68. The summed E-state index contributed by atoms with van der Waals surface area (Å²) < 4.78 is 2.06. The van der Waals surface area contributed by atoms with Gasteiger partial charge in [-0.25, -0.2) is 0 Å². The van der Waals surface area contributed by atoms with Crippen LogP contribution in [0.25, 0.3) is 0 Å². The average Bonchev–Trinajstić information content (AvgIpc) is 2.39. The molecule has 0 aromatic carbocycles. The van der Waals surface area contributed by atoms with E-state index in [1.807, 2.05) is 0 Å². The molecule has 4 heteroatoms. The van der Waals surface area contributed by atoms with E-state index in [-0.39, 0.29) is 11.2 Å². The van der Waals surface area contributed by atoms with Crippen molar-refractivity contribution in [3.05, 3.63) is 28.2 Å². The second-order valence-electron chi connectivity index (χ2n) is 7.53. The molecule has 0 aliphatic carbocycles. The molecule has 1 aliphatic rings. The molecule has 2 atom stereocenters. The fourth-order valence-corrected chi connectivity index (χ4v) is 3.49. The standard InChI is InChI=1S/C18H30N2O2/c1-13(2)5-6-20-12-18(22)17(21)8-16(20)11-19-9-14(3)7-15(4)10-19/h8,12-15,22H,5-7,9-11H2,1-4H3. The molecule has 124 valence electrons. The second-order valence-corrected chi connectivity index (χ2v) is 7.53. The number of piperidine rings is 1. The van der Waals surface area contributed by atoms with Crippen molar-refractivity contribution in [3.63, 3.8) is 0 Å². The number of aromatic nitrogens is 1. The van der Waals surface area contributed by atoms with Crippen molar-refractivity contribution in [1.82, 2.24) is 9.47 Å². The zero-order valence-corrected chi connectivity index (χ0v) is 14.4. The number of rotatable bonds is 5. The minimum atomic E-state index is -0.270. The van der Waals surface area contributed by atoms with E-state index in [2.05, 4.69) is 37.2 Å². The van der Waals surface area contributed by atoms with Crippen LogP contribution >= 0.6 is 0 Å². The van der Waals surface area contributed by atoms with Gasteiger partial charge in [0.25, 0.3) is 0 Å². The summed E-state index contributed by atoms with van der Waals surface area (Å²) >= 11 is 0. The molecule has 0 radical (unpaired) electrons. The maximum atomic E-state index is 11.8. The highest BCUT2D eigenvalue weighted by Gasteiger charge is 2.22. The first kappa shape index (κ1) is 17.1. The SMILES string of the molecule is CC(C)CCn1cc(O)c(=O)cc1CN1CC(C)CC(C)C1. The monoisotopic (exact) mass is 306 g/mol. The Balaban J connectivity index is 2.17.